The molecule has 1 atom stereocenters. The van der Waals surface area contributed by atoms with Crippen LogP contribution in [0.4, 0.5) is 11.4 Å². The van der Waals surface area contributed by atoms with E-state index in [2.05, 4.69) is 10.6 Å². The Morgan fingerprint density at radius 2 is 2.14 bits per heavy atom. The lowest BCUT2D eigenvalue weighted by Gasteiger charge is -2.27. The third kappa shape index (κ3) is 4.03. The van der Waals surface area contributed by atoms with Crippen molar-refractivity contribution >= 4 is 23.2 Å². The smallest absolute Gasteiger partial charge is 0.253 e. The highest BCUT2D eigenvalue weighted by molar-refractivity contribution is 5.97. The van der Waals surface area contributed by atoms with E-state index in [4.69, 9.17) is 10.5 Å². The van der Waals surface area contributed by atoms with Gasteiger partial charge in [0.2, 0.25) is 5.91 Å². The van der Waals surface area contributed by atoms with Gasteiger partial charge in [0, 0.05) is 24.5 Å². The Morgan fingerprint density at radius 3 is 2.73 bits per heavy atom. The minimum absolute atomic E-state index is 0.0571. The van der Waals surface area contributed by atoms with E-state index in [-0.39, 0.29) is 25.0 Å². The number of morpholine rings is 1. The molecule has 4 N–H and O–H groups in total. The number of rotatable bonds is 6. The highest BCUT2D eigenvalue weighted by Crippen LogP contribution is 2.19. The second kappa shape index (κ2) is 7.88. The number of anilines is 2. The van der Waals surface area contributed by atoms with Crippen molar-refractivity contribution in [1.82, 2.24) is 5.32 Å². The maximum Gasteiger partial charge on any atom is 0.253 e. The van der Waals surface area contributed by atoms with Gasteiger partial charge in [0.25, 0.3) is 5.91 Å². The van der Waals surface area contributed by atoms with Gasteiger partial charge in [-0.05, 0) is 30.8 Å². The van der Waals surface area contributed by atoms with Gasteiger partial charge < -0.3 is 26.0 Å². The molecule has 0 aromatic heterocycles. The Labute approximate surface area is 129 Å². The van der Waals surface area contributed by atoms with Gasteiger partial charge in [-0.1, -0.05) is 6.92 Å². The van der Waals surface area contributed by atoms with E-state index < -0.39 is 6.04 Å². The fourth-order valence-corrected chi connectivity index (χ4v) is 2.27. The van der Waals surface area contributed by atoms with E-state index in [0.29, 0.717) is 25.4 Å². The van der Waals surface area contributed by atoms with Gasteiger partial charge >= 0.3 is 0 Å². The van der Waals surface area contributed by atoms with Gasteiger partial charge in [-0.15, -0.1) is 0 Å². The van der Waals surface area contributed by atoms with Gasteiger partial charge in [0.15, 0.2) is 0 Å². The number of amides is 2. The molecule has 0 spiro atoms. The van der Waals surface area contributed by atoms with Crippen molar-refractivity contribution in [3.05, 3.63) is 24.3 Å². The molecule has 1 aromatic rings. The highest BCUT2D eigenvalue weighted by atomic mass is 16.5. The summed E-state index contributed by atoms with van der Waals surface area (Å²) in [4.78, 5) is 25.5. The third-order valence-electron chi connectivity index (χ3n) is 3.44. The van der Waals surface area contributed by atoms with Crippen LogP contribution >= 0.6 is 0 Å². The van der Waals surface area contributed by atoms with Gasteiger partial charge in [0.05, 0.1) is 12.6 Å². The molecule has 0 aliphatic carbocycles. The molecule has 2 amide bonds. The molecule has 1 aliphatic heterocycles. The zero-order valence-corrected chi connectivity index (χ0v) is 12.7. The Morgan fingerprint density at radius 1 is 1.41 bits per heavy atom. The van der Waals surface area contributed by atoms with Crippen molar-refractivity contribution < 1.29 is 14.3 Å². The third-order valence-corrected chi connectivity index (χ3v) is 3.44. The summed E-state index contributed by atoms with van der Waals surface area (Å²) in [5, 5.41) is 5.83. The molecule has 0 bridgehead atoms. The Hall–Kier alpha value is -1.96. The summed E-state index contributed by atoms with van der Waals surface area (Å²) in [5.41, 5.74) is 7.04. The van der Waals surface area contributed by atoms with Crippen LogP contribution in [0.5, 0.6) is 0 Å². The van der Waals surface area contributed by atoms with E-state index in [1.807, 2.05) is 19.1 Å². The molecule has 0 radical (unpaired) electrons. The number of benzene rings is 1. The second-order valence-electron chi connectivity index (χ2n) is 4.98. The number of nitrogens with zero attached hydrogens (tertiary/aromatic N) is 1. The van der Waals surface area contributed by atoms with Crippen molar-refractivity contribution in [2.75, 3.05) is 43.1 Å². The lowest BCUT2D eigenvalue weighted by Crippen LogP contribution is -2.45. The summed E-state index contributed by atoms with van der Waals surface area (Å²) in [6.07, 6.45) is 0. The number of carbonyl (C=O) groups excluding carboxylic acids is 2. The van der Waals surface area contributed by atoms with E-state index in [9.17, 15) is 9.59 Å². The van der Waals surface area contributed by atoms with Crippen LogP contribution < -0.4 is 21.3 Å². The van der Waals surface area contributed by atoms with Crippen LogP contribution in [0, 0.1) is 0 Å². The van der Waals surface area contributed by atoms with Crippen molar-refractivity contribution in [3.8, 4) is 0 Å². The number of nitrogens with two attached hydrogens (primary N) is 1. The van der Waals surface area contributed by atoms with E-state index in [1.165, 1.54) is 0 Å². The number of carbonyl (C=O) groups is 2. The van der Waals surface area contributed by atoms with Crippen LogP contribution in [0.1, 0.15) is 6.92 Å². The topological polar surface area (TPSA) is 96.7 Å². The van der Waals surface area contributed by atoms with Crippen LogP contribution in [0.15, 0.2) is 24.3 Å². The normalized spacial score (nSPS) is 16.5. The first kappa shape index (κ1) is 16.4. The average molecular weight is 306 g/mol. The molecule has 1 aromatic carbocycles. The first-order valence-electron chi connectivity index (χ1n) is 7.38. The summed E-state index contributed by atoms with van der Waals surface area (Å²) in [5.74, 6) is -0.224. The number of nitrogens with one attached hydrogen (secondary N) is 2. The second-order valence-corrected chi connectivity index (χ2v) is 4.98. The molecule has 2 rings (SSSR count). The highest BCUT2D eigenvalue weighted by Gasteiger charge is 2.20. The molecule has 0 saturated carbocycles. The Kier molecular flexibility index (Phi) is 5.88. The predicted molar refractivity (Wildman–Crippen MR) is 84.8 cm³/mol. The zero-order chi connectivity index (χ0) is 15.9. The fraction of sp³-hybridized carbons (Fsp3) is 0.467. The molecule has 1 heterocycles. The average Bonchev–Trinajstić information content (AvgIpc) is 2.54. The van der Waals surface area contributed by atoms with Crippen LogP contribution in [-0.2, 0) is 14.3 Å². The first-order valence-corrected chi connectivity index (χ1v) is 7.38. The maximum absolute atomic E-state index is 12.0. The van der Waals surface area contributed by atoms with Gasteiger partial charge in [-0.25, -0.2) is 0 Å². The summed E-state index contributed by atoms with van der Waals surface area (Å²) in [6, 6.07) is 6.75. The monoisotopic (exact) mass is 306 g/mol. The minimum atomic E-state index is -0.412. The van der Waals surface area contributed by atoms with Crippen molar-refractivity contribution in [2.45, 2.75) is 13.0 Å². The van der Waals surface area contributed by atoms with Crippen LogP contribution in [0.25, 0.3) is 0 Å². The summed E-state index contributed by atoms with van der Waals surface area (Å²) < 4.78 is 5.10. The molecule has 22 heavy (non-hydrogen) atoms. The number of hydrogen-bond donors (Lipinski definition) is 3. The lowest BCUT2D eigenvalue weighted by atomic mass is 10.2. The minimum Gasteiger partial charge on any atom is -0.370 e. The number of likely N-dealkylation sites (N-methyl/N-ethyl adjacent to an activating group) is 1. The molecule has 0 unspecified atom stereocenters. The summed E-state index contributed by atoms with van der Waals surface area (Å²) >= 11 is 0. The van der Waals surface area contributed by atoms with Gasteiger partial charge in [-0.2, -0.15) is 0 Å². The molecule has 1 fully saturated rings. The lowest BCUT2D eigenvalue weighted by molar-refractivity contribution is -0.125. The molecular weight excluding hydrogens is 284 g/mol. The van der Waals surface area contributed by atoms with Gasteiger partial charge in [0.1, 0.15) is 6.61 Å². The molecule has 120 valence electrons. The maximum atomic E-state index is 12.0. The standard InChI is InChI=1S/C15H22N4O3/c1-2-17-13(9-16)15(21)18-11-3-5-12(6-4-11)19-7-8-22-10-14(19)20/h3-6,13,17H,2,7-10,16H2,1H3,(H,18,21)/t13-/m0/s1. The van der Waals surface area contributed by atoms with E-state index in [1.54, 1.807) is 17.0 Å². The molecule has 1 aliphatic rings. The van der Waals surface area contributed by atoms with Gasteiger partial charge in [-0.3, -0.25) is 9.59 Å². The number of ether oxygens (including phenoxy) is 1. The summed E-state index contributed by atoms with van der Waals surface area (Å²) in [6.45, 7) is 4.02. The molecule has 7 heteroatoms. The summed E-state index contributed by atoms with van der Waals surface area (Å²) in [7, 11) is 0. The van der Waals surface area contributed by atoms with Crippen molar-refractivity contribution in [2.24, 2.45) is 5.73 Å². The zero-order valence-electron chi connectivity index (χ0n) is 12.7. The quantitative estimate of drug-likeness (QED) is 0.683. The number of hydrogen-bond acceptors (Lipinski definition) is 5. The van der Waals surface area contributed by atoms with Crippen molar-refractivity contribution in [3.63, 3.8) is 0 Å². The SMILES string of the molecule is CCN[C@@H](CN)C(=O)Nc1ccc(N2CCOCC2=O)cc1. The molecule has 7 nitrogen and oxygen atoms in total. The first-order chi connectivity index (χ1) is 10.7. The van der Waals surface area contributed by atoms with E-state index >= 15 is 0 Å². The van der Waals surface area contributed by atoms with Crippen LogP contribution in [0.2, 0.25) is 0 Å². The Bertz CT molecular complexity index is 518. The van der Waals surface area contributed by atoms with Crippen LogP contribution in [-0.4, -0.2) is 50.7 Å². The fourth-order valence-electron chi connectivity index (χ4n) is 2.27. The largest absolute Gasteiger partial charge is 0.370 e. The molecule has 1 saturated heterocycles. The van der Waals surface area contributed by atoms with Crippen molar-refractivity contribution in [1.29, 1.82) is 0 Å². The van der Waals surface area contributed by atoms with Crippen LogP contribution in [0.3, 0.4) is 0 Å². The van der Waals surface area contributed by atoms with E-state index in [0.717, 1.165) is 5.69 Å². The Balaban J connectivity index is 1.99. The molecular formula is C15H22N4O3. The predicted octanol–water partition coefficient (Wildman–Crippen LogP) is -0.0749.